The summed E-state index contributed by atoms with van der Waals surface area (Å²) in [5.74, 6) is -0.533. The van der Waals surface area contributed by atoms with Crippen LogP contribution in [-0.4, -0.2) is 10.8 Å². The van der Waals surface area contributed by atoms with Crippen LogP contribution in [0, 0.1) is 10.1 Å². The van der Waals surface area contributed by atoms with Gasteiger partial charge in [-0.2, -0.15) is 0 Å². The molecule has 1 aliphatic carbocycles. The number of carbonyl (C=O) groups is 1. The number of rotatable bonds is 3. The molecule has 0 atom stereocenters. The standard InChI is InChI=1S/C20H14N2O3/c23-20(21-13-9-11-14(12-10-13)22(24)25)19-17-7-3-1-5-15(17)16-6-2-4-8-18(16)19/h1-12,19H,(H,21,23). The summed E-state index contributed by atoms with van der Waals surface area (Å²) in [4.78, 5) is 23.2. The van der Waals surface area contributed by atoms with Crippen LogP contribution < -0.4 is 5.32 Å². The van der Waals surface area contributed by atoms with Gasteiger partial charge in [-0.3, -0.25) is 14.9 Å². The molecule has 0 fully saturated rings. The molecule has 5 nitrogen and oxygen atoms in total. The molecule has 122 valence electrons. The quantitative estimate of drug-likeness (QED) is 0.573. The number of hydrogen-bond donors (Lipinski definition) is 1. The van der Waals surface area contributed by atoms with Gasteiger partial charge in [0.25, 0.3) is 5.69 Å². The smallest absolute Gasteiger partial charge is 0.269 e. The molecule has 0 bridgehead atoms. The topological polar surface area (TPSA) is 72.2 Å². The maximum atomic E-state index is 12.9. The number of carbonyl (C=O) groups excluding carboxylic acids is 1. The highest BCUT2D eigenvalue weighted by Crippen LogP contribution is 2.44. The van der Waals surface area contributed by atoms with E-state index in [2.05, 4.69) is 5.32 Å². The van der Waals surface area contributed by atoms with Crippen molar-refractivity contribution in [2.45, 2.75) is 5.92 Å². The summed E-state index contributed by atoms with van der Waals surface area (Å²) in [6.07, 6.45) is 0. The molecule has 0 spiro atoms. The van der Waals surface area contributed by atoms with Crippen molar-refractivity contribution in [3.05, 3.63) is 94.0 Å². The number of nitrogens with zero attached hydrogens (tertiary/aromatic N) is 1. The first-order valence-electron chi connectivity index (χ1n) is 7.88. The molecule has 1 N–H and O–H groups in total. The van der Waals surface area contributed by atoms with Crippen LogP contribution >= 0.6 is 0 Å². The first-order chi connectivity index (χ1) is 12.1. The Bertz CT molecular complexity index is 935. The summed E-state index contributed by atoms with van der Waals surface area (Å²) in [7, 11) is 0. The van der Waals surface area contributed by atoms with Gasteiger partial charge >= 0.3 is 0 Å². The van der Waals surface area contributed by atoms with Crippen LogP contribution in [0.2, 0.25) is 0 Å². The van der Waals surface area contributed by atoms with Crippen LogP contribution in [0.1, 0.15) is 17.0 Å². The van der Waals surface area contributed by atoms with Gasteiger partial charge in [-0.15, -0.1) is 0 Å². The van der Waals surface area contributed by atoms with Gasteiger partial charge in [0.05, 0.1) is 10.8 Å². The molecule has 4 rings (SSSR count). The number of nitro groups is 1. The Morgan fingerprint density at radius 3 is 1.88 bits per heavy atom. The third-order valence-corrected chi connectivity index (χ3v) is 4.44. The lowest BCUT2D eigenvalue weighted by atomic mass is 9.96. The minimum absolute atomic E-state index is 0.00504. The molecule has 0 saturated carbocycles. The van der Waals surface area contributed by atoms with E-state index in [1.165, 1.54) is 12.1 Å². The van der Waals surface area contributed by atoms with E-state index in [-0.39, 0.29) is 17.5 Å². The lowest BCUT2D eigenvalue weighted by molar-refractivity contribution is -0.384. The molecule has 0 radical (unpaired) electrons. The van der Waals surface area contributed by atoms with Crippen LogP contribution in [0.3, 0.4) is 0 Å². The Labute approximate surface area is 144 Å². The molecule has 0 unspecified atom stereocenters. The highest BCUT2D eigenvalue weighted by atomic mass is 16.6. The van der Waals surface area contributed by atoms with Crippen molar-refractivity contribution in [2.75, 3.05) is 5.32 Å². The summed E-state index contributed by atoms with van der Waals surface area (Å²) < 4.78 is 0. The summed E-state index contributed by atoms with van der Waals surface area (Å²) in [6.45, 7) is 0. The van der Waals surface area contributed by atoms with Gasteiger partial charge in [0.2, 0.25) is 5.91 Å². The number of non-ortho nitro benzene ring substituents is 1. The summed E-state index contributed by atoms with van der Waals surface area (Å²) in [5, 5.41) is 13.6. The van der Waals surface area contributed by atoms with Crippen molar-refractivity contribution in [3.63, 3.8) is 0 Å². The zero-order chi connectivity index (χ0) is 17.4. The molecular weight excluding hydrogens is 316 g/mol. The molecule has 1 amide bonds. The molecule has 1 aliphatic rings. The Morgan fingerprint density at radius 1 is 0.840 bits per heavy atom. The minimum Gasteiger partial charge on any atom is -0.325 e. The molecule has 0 heterocycles. The summed E-state index contributed by atoms with van der Waals surface area (Å²) in [5.41, 5.74) is 4.63. The lowest BCUT2D eigenvalue weighted by Crippen LogP contribution is -2.20. The monoisotopic (exact) mass is 330 g/mol. The van der Waals surface area contributed by atoms with E-state index >= 15 is 0 Å². The van der Waals surface area contributed by atoms with Gasteiger partial charge < -0.3 is 5.32 Å². The average Bonchev–Trinajstić information content (AvgIpc) is 2.97. The van der Waals surface area contributed by atoms with Crippen molar-refractivity contribution in [1.29, 1.82) is 0 Å². The number of nitrogens with one attached hydrogen (secondary N) is 1. The van der Waals surface area contributed by atoms with Crippen LogP contribution in [0.15, 0.2) is 72.8 Å². The van der Waals surface area contributed by atoms with Crippen molar-refractivity contribution in [3.8, 4) is 11.1 Å². The fourth-order valence-electron chi connectivity index (χ4n) is 3.32. The number of amides is 1. The molecule has 0 aromatic heterocycles. The minimum atomic E-state index is -0.463. The Balaban J connectivity index is 1.67. The summed E-state index contributed by atoms with van der Waals surface area (Å²) >= 11 is 0. The molecule has 0 saturated heterocycles. The van der Waals surface area contributed by atoms with Crippen LogP contribution in [0.25, 0.3) is 11.1 Å². The predicted molar refractivity (Wildman–Crippen MR) is 95.4 cm³/mol. The van der Waals surface area contributed by atoms with Crippen molar-refractivity contribution < 1.29 is 9.72 Å². The van der Waals surface area contributed by atoms with Gasteiger partial charge in [-0.25, -0.2) is 0 Å². The van der Waals surface area contributed by atoms with Crippen molar-refractivity contribution in [1.82, 2.24) is 0 Å². The van der Waals surface area contributed by atoms with Gasteiger partial charge in [-0.05, 0) is 34.4 Å². The maximum Gasteiger partial charge on any atom is 0.269 e. The molecule has 0 aliphatic heterocycles. The second-order valence-corrected chi connectivity index (χ2v) is 5.90. The first-order valence-corrected chi connectivity index (χ1v) is 7.88. The first kappa shape index (κ1) is 15.1. The van der Waals surface area contributed by atoms with Crippen LogP contribution in [0.4, 0.5) is 11.4 Å². The Hall–Kier alpha value is -3.47. The van der Waals surface area contributed by atoms with Crippen molar-refractivity contribution in [2.24, 2.45) is 0 Å². The van der Waals surface area contributed by atoms with E-state index in [4.69, 9.17) is 0 Å². The molecule has 5 heteroatoms. The van der Waals surface area contributed by atoms with Crippen LogP contribution in [0.5, 0.6) is 0 Å². The Morgan fingerprint density at radius 2 is 1.36 bits per heavy atom. The second kappa shape index (κ2) is 5.87. The van der Waals surface area contributed by atoms with E-state index in [0.29, 0.717) is 5.69 Å². The predicted octanol–water partition coefficient (Wildman–Crippen LogP) is 4.35. The zero-order valence-corrected chi connectivity index (χ0v) is 13.2. The molecule has 3 aromatic rings. The molecule has 3 aromatic carbocycles. The van der Waals surface area contributed by atoms with Gasteiger partial charge in [0, 0.05) is 17.8 Å². The van der Waals surface area contributed by atoms with Crippen LogP contribution in [-0.2, 0) is 4.79 Å². The van der Waals surface area contributed by atoms with Gasteiger partial charge in [-0.1, -0.05) is 48.5 Å². The largest absolute Gasteiger partial charge is 0.325 e. The fourth-order valence-corrected chi connectivity index (χ4v) is 3.32. The Kier molecular flexibility index (Phi) is 3.54. The number of anilines is 1. The normalized spacial score (nSPS) is 12.3. The lowest BCUT2D eigenvalue weighted by Gasteiger charge is -2.14. The number of nitro benzene ring substituents is 1. The fraction of sp³-hybridized carbons (Fsp3) is 0.0500. The average molecular weight is 330 g/mol. The van der Waals surface area contributed by atoms with Gasteiger partial charge in [0.1, 0.15) is 0 Å². The van der Waals surface area contributed by atoms with E-state index < -0.39 is 4.92 Å². The molecule has 25 heavy (non-hydrogen) atoms. The van der Waals surface area contributed by atoms with Crippen molar-refractivity contribution >= 4 is 17.3 Å². The third-order valence-electron chi connectivity index (χ3n) is 4.44. The molecular formula is C20H14N2O3. The number of fused-ring (bicyclic) bond motifs is 3. The zero-order valence-electron chi connectivity index (χ0n) is 13.2. The van der Waals surface area contributed by atoms with E-state index in [1.807, 2.05) is 48.5 Å². The maximum absolute atomic E-state index is 12.9. The number of benzene rings is 3. The number of hydrogen-bond acceptors (Lipinski definition) is 3. The van der Waals surface area contributed by atoms with Gasteiger partial charge in [0.15, 0.2) is 0 Å². The third kappa shape index (κ3) is 2.55. The second-order valence-electron chi connectivity index (χ2n) is 5.90. The highest BCUT2D eigenvalue weighted by molar-refractivity contribution is 6.03. The summed E-state index contributed by atoms with van der Waals surface area (Å²) in [6, 6.07) is 21.6. The van der Waals surface area contributed by atoms with E-state index in [1.54, 1.807) is 12.1 Å². The van der Waals surface area contributed by atoms with E-state index in [9.17, 15) is 14.9 Å². The van der Waals surface area contributed by atoms with E-state index in [0.717, 1.165) is 22.3 Å². The highest BCUT2D eigenvalue weighted by Gasteiger charge is 2.33. The SMILES string of the molecule is O=C(Nc1ccc([N+](=O)[O-])cc1)C1c2ccccc2-c2ccccc21.